The fourth-order valence-corrected chi connectivity index (χ4v) is 3.56. The number of piperidine rings is 1. The van der Waals surface area contributed by atoms with Gasteiger partial charge in [-0.15, -0.1) is 0 Å². The number of carboxylic acids is 1. The second kappa shape index (κ2) is 10.4. The van der Waals surface area contributed by atoms with Crippen molar-refractivity contribution in [1.29, 1.82) is 0 Å². The fraction of sp³-hybridized carbons (Fsp3) is 0.364. The molecule has 0 bridgehead atoms. The summed E-state index contributed by atoms with van der Waals surface area (Å²) in [5.41, 5.74) is 1.45. The highest BCUT2D eigenvalue weighted by Crippen LogP contribution is 2.21. The Balaban J connectivity index is 1.61. The van der Waals surface area contributed by atoms with E-state index in [1.54, 1.807) is 17.0 Å². The second-order valence-corrected chi connectivity index (χ2v) is 7.48. The molecule has 3 rings (SSSR count). The van der Waals surface area contributed by atoms with Crippen molar-refractivity contribution in [3.05, 3.63) is 65.2 Å². The zero-order valence-electron chi connectivity index (χ0n) is 16.2. The summed E-state index contributed by atoms with van der Waals surface area (Å²) >= 11 is 6.01. The van der Waals surface area contributed by atoms with Crippen LogP contribution in [0.3, 0.4) is 0 Å². The first kappa shape index (κ1) is 21.3. The van der Waals surface area contributed by atoms with Crippen LogP contribution in [0.15, 0.2) is 54.6 Å². The minimum atomic E-state index is -0.939. The molecule has 2 aromatic rings. The largest absolute Gasteiger partial charge is 0.480 e. The van der Waals surface area contributed by atoms with Crippen LogP contribution in [0.25, 0.3) is 0 Å². The summed E-state index contributed by atoms with van der Waals surface area (Å²) in [6, 6.07) is 16.5. The number of carboxylic acid groups (broad SMARTS) is 1. The number of nitrogens with zero attached hydrogens (tertiary/aromatic N) is 2. The summed E-state index contributed by atoms with van der Waals surface area (Å²) < 4.78 is 5.39. The van der Waals surface area contributed by atoms with Gasteiger partial charge in [0.2, 0.25) is 0 Å². The Kier molecular flexibility index (Phi) is 7.63. The lowest BCUT2D eigenvalue weighted by Gasteiger charge is -2.33. The number of amides is 1. The zero-order chi connectivity index (χ0) is 20.6. The first-order valence-corrected chi connectivity index (χ1v) is 10.1. The third kappa shape index (κ3) is 6.29. The number of aliphatic carboxylic acids is 1. The number of likely N-dealkylation sites (tertiary alicyclic amines) is 1. The van der Waals surface area contributed by atoms with Crippen LogP contribution in [0.5, 0.6) is 0 Å². The Hall–Kier alpha value is -2.41. The van der Waals surface area contributed by atoms with E-state index in [-0.39, 0.29) is 18.6 Å². The molecule has 1 aliphatic rings. The van der Waals surface area contributed by atoms with Crippen LogP contribution in [-0.4, -0.2) is 60.8 Å². The van der Waals surface area contributed by atoms with Crippen molar-refractivity contribution in [2.45, 2.75) is 18.9 Å². The normalized spacial score (nSPS) is 15.2. The molecule has 29 heavy (non-hydrogen) atoms. The lowest BCUT2D eigenvalue weighted by atomic mass is 10.1. The standard InChI is InChI=1S/C22H25ClN2O4/c23-18-6-8-19(9-7-18)25(22(28)17-4-2-1-3-5-17)15-14-24-12-10-20(11-13-24)29-16-21(26)27/h1-9,20H,10-16H2,(H,26,27). The van der Waals surface area contributed by atoms with Gasteiger partial charge in [0.25, 0.3) is 5.91 Å². The van der Waals surface area contributed by atoms with Crippen LogP contribution in [0.1, 0.15) is 23.2 Å². The van der Waals surface area contributed by atoms with Gasteiger partial charge in [0.1, 0.15) is 6.61 Å². The maximum atomic E-state index is 13.1. The molecule has 1 heterocycles. The second-order valence-electron chi connectivity index (χ2n) is 7.04. The lowest BCUT2D eigenvalue weighted by molar-refractivity contribution is -0.145. The van der Waals surface area contributed by atoms with Crippen molar-refractivity contribution in [2.24, 2.45) is 0 Å². The Morgan fingerprint density at radius 2 is 1.72 bits per heavy atom. The Bertz CT molecular complexity index is 805. The SMILES string of the molecule is O=C(O)COC1CCN(CCN(C(=O)c2ccccc2)c2ccc(Cl)cc2)CC1. The average Bonchev–Trinajstić information content (AvgIpc) is 2.75. The molecule has 154 valence electrons. The average molecular weight is 417 g/mol. The minimum absolute atomic E-state index is 0.0133. The highest BCUT2D eigenvalue weighted by molar-refractivity contribution is 6.30. The molecular formula is C22H25ClN2O4. The predicted molar refractivity (Wildman–Crippen MR) is 113 cm³/mol. The highest BCUT2D eigenvalue weighted by Gasteiger charge is 2.23. The van der Waals surface area contributed by atoms with Gasteiger partial charge in [-0.05, 0) is 49.2 Å². The number of halogens is 1. The van der Waals surface area contributed by atoms with Crippen molar-refractivity contribution in [3.8, 4) is 0 Å². The molecule has 0 atom stereocenters. The third-order valence-electron chi connectivity index (χ3n) is 5.02. The molecule has 0 spiro atoms. The van der Waals surface area contributed by atoms with Crippen LogP contribution < -0.4 is 4.90 Å². The zero-order valence-corrected chi connectivity index (χ0v) is 16.9. The van der Waals surface area contributed by atoms with Crippen molar-refractivity contribution >= 4 is 29.2 Å². The molecule has 1 aliphatic heterocycles. The van der Waals surface area contributed by atoms with Crippen LogP contribution in [-0.2, 0) is 9.53 Å². The van der Waals surface area contributed by atoms with Gasteiger partial charge >= 0.3 is 5.97 Å². The van der Waals surface area contributed by atoms with Crippen molar-refractivity contribution in [2.75, 3.05) is 37.7 Å². The number of carbonyl (C=O) groups is 2. The molecule has 0 aromatic heterocycles. The molecule has 0 radical (unpaired) electrons. The van der Waals surface area contributed by atoms with Gasteiger partial charge < -0.3 is 19.6 Å². The number of ether oxygens (including phenoxy) is 1. The van der Waals surface area contributed by atoms with Crippen LogP contribution >= 0.6 is 11.6 Å². The molecule has 1 fully saturated rings. The van der Waals surface area contributed by atoms with Gasteiger partial charge in [0, 0.05) is 42.5 Å². The van der Waals surface area contributed by atoms with E-state index >= 15 is 0 Å². The highest BCUT2D eigenvalue weighted by atomic mass is 35.5. The maximum Gasteiger partial charge on any atom is 0.329 e. The quantitative estimate of drug-likeness (QED) is 0.712. The summed E-state index contributed by atoms with van der Waals surface area (Å²) in [6.07, 6.45) is 1.57. The first-order chi connectivity index (χ1) is 14.0. The predicted octanol–water partition coefficient (Wildman–Crippen LogP) is 3.55. The Morgan fingerprint density at radius 1 is 1.07 bits per heavy atom. The first-order valence-electron chi connectivity index (χ1n) is 9.71. The summed E-state index contributed by atoms with van der Waals surface area (Å²) in [6.45, 7) is 2.67. The maximum absolute atomic E-state index is 13.1. The molecular weight excluding hydrogens is 392 g/mol. The summed E-state index contributed by atoms with van der Waals surface area (Å²) in [7, 11) is 0. The van der Waals surface area contributed by atoms with E-state index in [0.717, 1.165) is 38.2 Å². The van der Waals surface area contributed by atoms with Crippen LogP contribution in [0.4, 0.5) is 5.69 Å². The lowest BCUT2D eigenvalue weighted by Crippen LogP contribution is -2.43. The fourth-order valence-electron chi connectivity index (χ4n) is 3.44. The van der Waals surface area contributed by atoms with Gasteiger partial charge in [-0.3, -0.25) is 4.79 Å². The summed E-state index contributed by atoms with van der Waals surface area (Å²) in [4.78, 5) is 27.8. The number of anilines is 1. The van der Waals surface area contributed by atoms with E-state index < -0.39 is 5.97 Å². The van der Waals surface area contributed by atoms with Gasteiger partial charge in [-0.1, -0.05) is 29.8 Å². The van der Waals surface area contributed by atoms with Gasteiger partial charge in [-0.2, -0.15) is 0 Å². The minimum Gasteiger partial charge on any atom is -0.480 e. The van der Waals surface area contributed by atoms with E-state index in [1.807, 2.05) is 42.5 Å². The number of hydrogen-bond acceptors (Lipinski definition) is 4. The smallest absolute Gasteiger partial charge is 0.329 e. The molecule has 1 amide bonds. The van der Waals surface area contributed by atoms with E-state index in [1.165, 1.54) is 0 Å². The van der Waals surface area contributed by atoms with Crippen molar-refractivity contribution < 1.29 is 19.4 Å². The molecule has 0 unspecified atom stereocenters. The summed E-state index contributed by atoms with van der Waals surface area (Å²) in [5.74, 6) is -0.988. The van der Waals surface area contributed by atoms with E-state index in [0.29, 0.717) is 17.1 Å². The molecule has 1 saturated heterocycles. The van der Waals surface area contributed by atoms with Gasteiger partial charge in [0.15, 0.2) is 0 Å². The summed E-state index contributed by atoms with van der Waals surface area (Å²) in [5, 5.41) is 9.36. The molecule has 2 aromatic carbocycles. The van der Waals surface area contributed by atoms with E-state index in [2.05, 4.69) is 4.90 Å². The van der Waals surface area contributed by atoms with E-state index in [9.17, 15) is 9.59 Å². The Labute approximate surface area is 175 Å². The molecule has 0 saturated carbocycles. The monoisotopic (exact) mass is 416 g/mol. The van der Waals surface area contributed by atoms with Gasteiger partial charge in [-0.25, -0.2) is 4.79 Å². The molecule has 7 heteroatoms. The number of rotatable bonds is 8. The molecule has 1 N–H and O–H groups in total. The van der Waals surface area contributed by atoms with Crippen LogP contribution in [0, 0.1) is 0 Å². The number of carbonyl (C=O) groups excluding carboxylic acids is 1. The number of benzene rings is 2. The topological polar surface area (TPSA) is 70.1 Å². The van der Waals surface area contributed by atoms with Crippen molar-refractivity contribution in [1.82, 2.24) is 4.90 Å². The molecule has 6 nitrogen and oxygen atoms in total. The molecule has 0 aliphatic carbocycles. The van der Waals surface area contributed by atoms with Crippen molar-refractivity contribution in [3.63, 3.8) is 0 Å². The number of hydrogen-bond donors (Lipinski definition) is 1. The Morgan fingerprint density at radius 3 is 2.34 bits per heavy atom. The van der Waals surface area contributed by atoms with E-state index in [4.69, 9.17) is 21.4 Å². The third-order valence-corrected chi connectivity index (χ3v) is 5.27. The van der Waals surface area contributed by atoms with Crippen LogP contribution in [0.2, 0.25) is 5.02 Å². The van der Waals surface area contributed by atoms with Gasteiger partial charge in [0.05, 0.1) is 6.10 Å².